The van der Waals surface area contributed by atoms with Crippen molar-refractivity contribution in [2.24, 2.45) is 0 Å². The molecule has 8 nitrogen and oxygen atoms in total. The Morgan fingerprint density at radius 3 is 2.47 bits per heavy atom. The summed E-state index contributed by atoms with van der Waals surface area (Å²) in [6, 6.07) is 17.1. The molecule has 0 fully saturated rings. The van der Waals surface area contributed by atoms with Crippen LogP contribution in [0.2, 0.25) is 0 Å². The number of anilines is 1. The maximum atomic E-state index is 14.9. The van der Waals surface area contributed by atoms with Gasteiger partial charge in [0.1, 0.15) is 11.5 Å². The lowest BCUT2D eigenvalue weighted by Crippen LogP contribution is -2.32. The summed E-state index contributed by atoms with van der Waals surface area (Å²) in [6.07, 6.45) is 2.24. The molecular formula is C26H24FN3O5S. The molecule has 4 rings (SSSR count). The Hall–Kier alpha value is -4.02. The van der Waals surface area contributed by atoms with Gasteiger partial charge in [0.25, 0.3) is 0 Å². The molecule has 1 heterocycles. The Morgan fingerprint density at radius 2 is 1.78 bits per heavy atom. The van der Waals surface area contributed by atoms with Crippen molar-refractivity contribution >= 4 is 32.5 Å². The van der Waals surface area contributed by atoms with Gasteiger partial charge in [-0.15, -0.1) is 0 Å². The minimum atomic E-state index is -4.14. The van der Waals surface area contributed by atoms with Crippen LogP contribution < -0.4 is 19.5 Å². The number of rotatable bonds is 9. The van der Waals surface area contributed by atoms with Crippen LogP contribution in [0.15, 0.2) is 77.8 Å². The zero-order valence-electron chi connectivity index (χ0n) is 19.6. The maximum Gasteiger partial charge on any atom is 0.241 e. The molecule has 0 aliphatic rings. The molecule has 0 bridgehead atoms. The second kappa shape index (κ2) is 10.7. The molecule has 186 valence electrons. The van der Waals surface area contributed by atoms with Crippen molar-refractivity contribution in [2.45, 2.75) is 18.2 Å². The number of methoxy groups -OCH3 is 1. The Balaban J connectivity index is 1.51. The van der Waals surface area contributed by atoms with Gasteiger partial charge in [-0.25, -0.2) is 17.5 Å². The van der Waals surface area contributed by atoms with Crippen LogP contribution in [0.4, 0.5) is 10.1 Å². The van der Waals surface area contributed by atoms with E-state index in [1.807, 2.05) is 13.0 Å². The molecule has 0 saturated carbocycles. The Morgan fingerprint density at radius 1 is 1.00 bits per heavy atom. The molecule has 0 aliphatic carbocycles. The van der Waals surface area contributed by atoms with Gasteiger partial charge in [0.15, 0.2) is 11.6 Å². The van der Waals surface area contributed by atoms with E-state index in [1.165, 1.54) is 18.3 Å². The average molecular weight is 510 g/mol. The lowest BCUT2D eigenvalue weighted by molar-refractivity contribution is -0.115. The van der Waals surface area contributed by atoms with Gasteiger partial charge >= 0.3 is 0 Å². The maximum absolute atomic E-state index is 14.9. The van der Waals surface area contributed by atoms with Crippen LogP contribution >= 0.6 is 0 Å². The zero-order chi connectivity index (χ0) is 25.7. The Bertz CT molecular complexity index is 1510. The van der Waals surface area contributed by atoms with E-state index >= 15 is 0 Å². The molecule has 0 radical (unpaired) electrons. The van der Waals surface area contributed by atoms with Crippen LogP contribution in [0.3, 0.4) is 0 Å². The summed E-state index contributed by atoms with van der Waals surface area (Å²) in [5, 5.41) is 3.23. The number of fused-ring (bicyclic) bond motifs is 1. The molecule has 1 amide bonds. The monoisotopic (exact) mass is 509 g/mol. The van der Waals surface area contributed by atoms with Crippen molar-refractivity contribution in [3.05, 3.63) is 84.3 Å². The van der Waals surface area contributed by atoms with E-state index in [0.717, 1.165) is 11.6 Å². The van der Waals surface area contributed by atoms with Crippen LogP contribution in [0.5, 0.6) is 17.2 Å². The first kappa shape index (κ1) is 25.1. The number of nitrogens with zero attached hydrogens (tertiary/aromatic N) is 1. The number of aromatic nitrogens is 1. The first-order chi connectivity index (χ1) is 17.3. The van der Waals surface area contributed by atoms with E-state index in [4.69, 9.17) is 9.47 Å². The number of benzene rings is 3. The summed E-state index contributed by atoms with van der Waals surface area (Å²) < 4.78 is 53.4. The number of ether oxygens (including phenoxy) is 2. The fourth-order valence-electron chi connectivity index (χ4n) is 3.57. The molecule has 36 heavy (non-hydrogen) atoms. The number of hydrogen-bond acceptors (Lipinski definition) is 6. The van der Waals surface area contributed by atoms with Crippen LogP contribution in [0.1, 0.15) is 12.5 Å². The molecular weight excluding hydrogens is 485 g/mol. The molecule has 2 N–H and O–H groups in total. The molecule has 0 unspecified atom stereocenters. The van der Waals surface area contributed by atoms with Gasteiger partial charge in [-0.1, -0.05) is 25.1 Å². The average Bonchev–Trinajstić information content (AvgIpc) is 2.88. The van der Waals surface area contributed by atoms with Gasteiger partial charge in [-0.3, -0.25) is 9.78 Å². The number of halogens is 1. The topological polar surface area (TPSA) is 107 Å². The van der Waals surface area contributed by atoms with Crippen LogP contribution in [0, 0.1) is 5.82 Å². The van der Waals surface area contributed by atoms with E-state index in [2.05, 4.69) is 15.0 Å². The molecule has 0 atom stereocenters. The van der Waals surface area contributed by atoms with E-state index in [-0.39, 0.29) is 10.6 Å². The first-order valence-electron chi connectivity index (χ1n) is 11.1. The van der Waals surface area contributed by atoms with Crippen molar-refractivity contribution in [1.29, 1.82) is 0 Å². The van der Waals surface area contributed by atoms with Crippen molar-refractivity contribution in [2.75, 3.05) is 19.0 Å². The van der Waals surface area contributed by atoms with E-state index in [1.54, 1.807) is 49.6 Å². The van der Waals surface area contributed by atoms with Gasteiger partial charge in [0, 0.05) is 23.3 Å². The van der Waals surface area contributed by atoms with E-state index < -0.39 is 28.3 Å². The fourth-order valence-corrected chi connectivity index (χ4v) is 4.56. The van der Waals surface area contributed by atoms with E-state index in [0.29, 0.717) is 34.5 Å². The summed E-state index contributed by atoms with van der Waals surface area (Å²) in [5.41, 5.74) is 2.08. The lowest BCUT2D eigenvalue weighted by Gasteiger charge is -2.13. The van der Waals surface area contributed by atoms with Crippen molar-refractivity contribution in [3.63, 3.8) is 0 Å². The number of pyridine rings is 1. The van der Waals surface area contributed by atoms with Crippen LogP contribution in [-0.4, -0.2) is 33.0 Å². The van der Waals surface area contributed by atoms with Crippen molar-refractivity contribution in [3.8, 4) is 17.2 Å². The highest BCUT2D eigenvalue weighted by Gasteiger charge is 2.19. The van der Waals surface area contributed by atoms with Crippen molar-refractivity contribution < 1.29 is 27.1 Å². The molecule has 4 aromatic rings. The third-order valence-electron chi connectivity index (χ3n) is 5.40. The first-order valence-corrected chi connectivity index (χ1v) is 12.6. The van der Waals surface area contributed by atoms with Gasteiger partial charge in [0.05, 0.1) is 24.1 Å². The van der Waals surface area contributed by atoms with Gasteiger partial charge in [-0.2, -0.15) is 0 Å². The molecule has 0 spiro atoms. The third kappa shape index (κ3) is 5.61. The zero-order valence-corrected chi connectivity index (χ0v) is 20.4. The number of para-hydroxylation sites is 1. The predicted octanol–water partition coefficient (Wildman–Crippen LogP) is 4.65. The third-order valence-corrected chi connectivity index (χ3v) is 6.80. The highest BCUT2D eigenvalue weighted by molar-refractivity contribution is 7.89. The molecule has 10 heteroatoms. The largest absolute Gasteiger partial charge is 0.496 e. The number of carbonyl (C=O) groups excluding carboxylic acids is 1. The predicted molar refractivity (Wildman–Crippen MR) is 134 cm³/mol. The number of sulfonamides is 1. The SMILES string of the molecule is CCc1cc2c(Oc3ccc(S(=O)(=O)NCC(=O)Nc4ccccc4)cc3F)ccnc2cc1OC. The molecule has 1 aromatic heterocycles. The quantitative estimate of drug-likeness (QED) is 0.340. The standard InChI is InChI=1S/C26H24FN3O5S/c1-3-17-13-20-22(15-25(17)34-2)28-12-11-23(20)35-24-10-9-19(14-21(24)27)36(32,33)29-16-26(31)30-18-7-5-4-6-8-18/h4-15,29H,3,16H2,1-2H3,(H,30,31). The highest BCUT2D eigenvalue weighted by Crippen LogP contribution is 2.34. The second-order valence-electron chi connectivity index (χ2n) is 7.78. The van der Waals surface area contributed by atoms with Gasteiger partial charge < -0.3 is 14.8 Å². The number of aryl methyl sites for hydroxylation is 1. The van der Waals surface area contributed by atoms with E-state index in [9.17, 15) is 17.6 Å². The lowest BCUT2D eigenvalue weighted by atomic mass is 10.1. The normalized spacial score (nSPS) is 11.3. The smallest absolute Gasteiger partial charge is 0.241 e. The summed E-state index contributed by atoms with van der Waals surface area (Å²) >= 11 is 0. The fraction of sp³-hybridized carbons (Fsp3) is 0.154. The Kier molecular flexibility index (Phi) is 7.47. The summed E-state index contributed by atoms with van der Waals surface area (Å²) in [4.78, 5) is 16.1. The molecule has 3 aromatic carbocycles. The Labute approximate surface area is 208 Å². The highest BCUT2D eigenvalue weighted by atomic mass is 32.2. The second-order valence-corrected chi connectivity index (χ2v) is 9.54. The number of nitrogens with one attached hydrogen (secondary N) is 2. The van der Waals surface area contributed by atoms with Crippen molar-refractivity contribution in [1.82, 2.24) is 9.71 Å². The minimum Gasteiger partial charge on any atom is -0.496 e. The number of amides is 1. The summed E-state index contributed by atoms with van der Waals surface area (Å²) in [6.45, 7) is 1.47. The summed E-state index contributed by atoms with van der Waals surface area (Å²) in [7, 11) is -2.56. The summed E-state index contributed by atoms with van der Waals surface area (Å²) in [5.74, 6) is -0.529. The minimum absolute atomic E-state index is 0.155. The molecule has 0 saturated heterocycles. The van der Waals surface area contributed by atoms with Gasteiger partial charge in [-0.05, 0) is 54.4 Å². The van der Waals surface area contributed by atoms with Crippen LogP contribution in [-0.2, 0) is 21.2 Å². The van der Waals surface area contributed by atoms with Gasteiger partial charge in [0.2, 0.25) is 15.9 Å². The number of carbonyl (C=O) groups is 1. The molecule has 0 aliphatic heterocycles. The van der Waals surface area contributed by atoms with Crippen LogP contribution in [0.25, 0.3) is 10.9 Å². The number of hydrogen-bond donors (Lipinski definition) is 2.